The molecule has 1 aromatic carbocycles. The molecular formula is C19H24IN5O. The summed E-state index contributed by atoms with van der Waals surface area (Å²) in [6, 6.07) is 14.0. The molecule has 2 heterocycles. The fraction of sp³-hybridized carbons (Fsp3) is 0.263. The van der Waals surface area contributed by atoms with Gasteiger partial charge < -0.3 is 19.8 Å². The first-order valence-electron chi connectivity index (χ1n) is 8.21. The van der Waals surface area contributed by atoms with Crippen LogP contribution >= 0.6 is 24.0 Å². The Balaban J connectivity index is 0.00000243. The van der Waals surface area contributed by atoms with Crippen LogP contribution in [-0.2, 0) is 13.1 Å². The highest BCUT2D eigenvalue weighted by atomic mass is 127. The third kappa shape index (κ3) is 4.66. The second kappa shape index (κ2) is 9.42. The Hall–Kier alpha value is -2.29. The SMILES string of the molecule is CN=C(NCc1cn2c(C)cccc2n1)NCc1ccccc1OC.I. The van der Waals surface area contributed by atoms with Crippen LogP contribution in [0.2, 0.25) is 0 Å². The summed E-state index contributed by atoms with van der Waals surface area (Å²) in [6.07, 6.45) is 2.05. The summed E-state index contributed by atoms with van der Waals surface area (Å²) < 4.78 is 7.46. The van der Waals surface area contributed by atoms with E-state index in [0.29, 0.717) is 13.1 Å². The lowest BCUT2D eigenvalue weighted by Gasteiger charge is -2.13. The number of hydrogen-bond acceptors (Lipinski definition) is 3. The summed E-state index contributed by atoms with van der Waals surface area (Å²) in [7, 11) is 3.43. The maximum atomic E-state index is 5.37. The Kier molecular flexibility index (Phi) is 7.26. The zero-order chi connectivity index (χ0) is 17.6. The number of aryl methyl sites for hydroxylation is 1. The third-order valence-electron chi connectivity index (χ3n) is 4.05. The number of aliphatic imine (C=N–C) groups is 1. The van der Waals surface area contributed by atoms with Gasteiger partial charge >= 0.3 is 0 Å². The number of halogens is 1. The summed E-state index contributed by atoms with van der Waals surface area (Å²) in [5.41, 5.74) is 4.16. The molecule has 0 spiro atoms. The number of guanidine groups is 1. The van der Waals surface area contributed by atoms with E-state index in [0.717, 1.165) is 34.3 Å². The van der Waals surface area contributed by atoms with Crippen molar-refractivity contribution in [3.8, 4) is 5.75 Å². The predicted octanol–water partition coefficient (Wildman–Crippen LogP) is 3.13. The van der Waals surface area contributed by atoms with Gasteiger partial charge in [0.1, 0.15) is 11.4 Å². The van der Waals surface area contributed by atoms with Crippen molar-refractivity contribution in [1.29, 1.82) is 0 Å². The number of para-hydroxylation sites is 1. The monoisotopic (exact) mass is 465 g/mol. The van der Waals surface area contributed by atoms with E-state index in [1.807, 2.05) is 42.6 Å². The molecule has 0 bridgehead atoms. The van der Waals surface area contributed by atoms with Gasteiger partial charge in [-0.3, -0.25) is 4.99 Å². The second-order valence-electron chi connectivity index (χ2n) is 5.72. The summed E-state index contributed by atoms with van der Waals surface area (Å²) in [5.74, 6) is 1.58. The van der Waals surface area contributed by atoms with Gasteiger partial charge in [0.05, 0.1) is 19.3 Å². The van der Waals surface area contributed by atoms with Crippen LogP contribution in [0.15, 0.2) is 53.7 Å². The van der Waals surface area contributed by atoms with Crippen molar-refractivity contribution < 1.29 is 4.74 Å². The summed E-state index contributed by atoms with van der Waals surface area (Å²) >= 11 is 0. The molecule has 0 fully saturated rings. The van der Waals surface area contributed by atoms with Gasteiger partial charge in [-0.05, 0) is 25.1 Å². The van der Waals surface area contributed by atoms with Crippen LogP contribution in [0.5, 0.6) is 5.75 Å². The largest absolute Gasteiger partial charge is 0.496 e. The summed E-state index contributed by atoms with van der Waals surface area (Å²) in [6.45, 7) is 3.31. The number of methoxy groups -OCH3 is 1. The van der Waals surface area contributed by atoms with Crippen molar-refractivity contribution in [3.63, 3.8) is 0 Å². The first kappa shape index (κ1) is 20.0. The Labute approximate surface area is 170 Å². The van der Waals surface area contributed by atoms with Crippen molar-refractivity contribution >= 4 is 35.6 Å². The molecule has 7 heteroatoms. The highest BCUT2D eigenvalue weighted by Gasteiger charge is 2.06. The molecule has 6 nitrogen and oxygen atoms in total. The number of hydrogen-bond donors (Lipinski definition) is 2. The van der Waals surface area contributed by atoms with Gasteiger partial charge in [-0.1, -0.05) is 24.3 Å². The maximum absolute atomic E-state index is 5.37. The fourth-order valence-electron chi connectivity index (χ4n) is 2.71. The lowest BCUT2D eigenvalue weighted by Crippen LogP contribution is -2.36. The first-order chi connectivity index (χ1) is 12.2. The van der Waals surface area contributed by atoms with Gasteiger partial charge in [0, 0.05) is 31.0 Å². The molecule has 0 aliphatic carbocycles. The van der Waals surface area contributed by atoms with Crippen LogP contribution in [-0.4, -0.2) is 29.5 Å². The van der Waals surface area contributed by atoms with Crippen molar-refractivity contribution in [2.24, 2.45) is 4.99 Å². The van der Waals surface area contributed by atoms with E-state index in [4.69, 9.17) is 4.74 Å². The number of pyridine rings is 1. The average molecular weight is 465 g/mol. The normalized spacial score (nSPS) is 11.1. The van der Waals surface area contributed by atoms with E-state index < -0.39 is 0 Å². The standard InChI is InChI=1S/C19H23N5O.HI/c1-14-7-6-10-18-23-16(13-24(14)18)12-22-19(20-2)21-11-15-8-4-5-9-17(15)25-3;/h4-10,13H,11-12H2,1-3H3,(H2,20,21,22);1H. The zero-order valence-electron chi connectivity index (χ0n) is 15.2. The highest BCUT2D eigenvalue weighted by molar-refractivity contribution is 14.0. The molecule has 2 N–H and O–H groups in total. The number of nitrogens with zero attached hydrogens (tertiary/aromatic N) is 3. The Bertz CT molecular complexity index is 891. The van der Waals surface area contributed by atoms with Crippen LogP contribution in [0.25, 0.3) is 5.65 Å². The van der Waals surface area contributed by atoms with Gasteiger partial charge in [0.15, 0.2) is 5.96 Å². The Morgan fingerprint density at radius 2 is 1.88 bits per heavy atom. The second-order valence-corrected chi connectivity index (χ2v) is 5.72. The topological polar surface area (TPSA) is 63.0 Å². The molecule has 0 aliphatic rings. The van der Waals surface area contributed by atoms with Gasteiger partial charge in [-0.15, -0.1) is 24.0 Å². The molecule has 0 saturated heterocycles. The zero-order valence-corrected chi connectivity index (χ0v) is 17.5. The van der Waals surface area contributed by atoms with E-state index in [-0.39, 0.29) is 24.0 Å². The molecule has 3 aromatic rings. The molecule has 138 valence electrons. The molecule has 0 aliphatic heterocycles. The van der Waals surface area contributed by atoms with Crippen molar-refractivity contribution in [2.45, 2.75) is 20.0 Å². The maximum Gasteiger partial charge on any atom is 0.191 e. The van der Waals surface area contributed by atoms with E-state index in [9.17, 15) is 0 Å². The van der Waals surface area contributed by atoms with E-state index in [1.165, 1.54) is 0 Å². The van der Waals surface area contributed by atoms with Crippen LogP contribution in [0.1, 0.15) is 17.0 Å². The number of aromatic nitrogens is 2. The number of fused-ring (bicyclic) bond motifs is 1. The molecule has 0 saturated carbocycles. The summed E-state index contributed by atoms with van der Waals surface area (Å²) in [5, 5.41) is 6.60. The van der Waals surface area contributed by atoms with Crippen molar-refractivity contribution in [1.82, 2.24) is 20.0 Å². The lowest BCUT2D eigenvalue weighted by molar-refractivity contribution is 0.409. The Morgan fingerprint density at radius 3 is 2.62 bits per heavy atom. The minimum absolute atomic E-state index is 0. The van der Waals surface area contributed by atoms with Crippen LogP contribution in [0.4, 0.5) is 0 Å². The van der Waals surface area contributed by atoms with Gasteiger partial charge in [0.25, 0.3) is 0 Å². The number of rotatable bonds is 5. The van der Waals surface area contributed by atoms with Gasteiger partial charge in [-0.2, -0.15) is 0 Å². The number of benzene rings is 1. The molecule has 2 aromatic heterocycles. The summed E-state index contributed by atoms with van der Waals surface area (Å²) in [4.78, 5) is 8.89. The number of imidazole rings is 1. The highest BCUT2D eigenvalue weighted by Crippen LogP contribution is 2.16. The van der Waals surface area contributed by atoms with Crippen LogP contribution in [0.3, 0.4) is 0 Å². The smallest absolute Gasteiger partial charge is 0.191 e. The van der Waals surface area contributed by atoms with Gasteiger partial charge in [0.2, 0.25) is 0 Å². The predicted molar refractivity (Wildman–Crippen MR) is 115 cm³/mol. The van der Waals surface area contributed by atoms with E-state index in [2.05, 4.69) is 38.0 Å². The lowest BCUT2D eigenvalue weighted by atomic mass is 10.2. The number of nitrogens with one attached hydrogen (secondary N) is 2. The quantitative estimate of drug-likeness (QED) is 0.346. The number of ether oxygens (including phenoxy) is 1. The Morgan fingerprint density at radius 1 is 1.12 bits per heavy atom. The van der Waals surface area contributed by atoms with Crippen molar-refractivity contribution in [2.75, 3.05) is 14.2 Å². The average Bonchev–Trinajstić information content (AvgIpc) is 3.06. The molecule has 0 radical (unpaired) electrons. The minimum Gasteiger partial charge on any atom is -0.496 e. The molecular weight excluding hydrogens is 441 g/mol. The molecule has 26 heavy (non-hydrogen) atoms. The first-order valence-corrected chi connectivity index (χ1v) is 8.21. The van der Waals surface area contributed by atoms with E-state index >= 15 is 0 Å². The molecule has 0 unspecified atom stereocenters. The van der Waals surface area contributed by atoms with Crippen molar-refractivity contribution in [3.05, 3.63) is 65.6 Å². The fourth-order valence-corrected chi connectivity index (χ4v) is 2.71. The molecule has 0 amide bonds. The van der Waals surface area contributed by atoms with Crippen LogP contribution in [0, 0.1) is 6.92 Å². The third-order valence-corrected chi connectivity index (χ3v) is 4.05. The van der Waals surface area contributed by atoms with E-state index in [1.54, 1.807) is 14.2 Å². The minimum atomic E-state index is 0. The van der Waals surface area contributed by atoms with Crippen LogP contribution < -0.4 is 15.4 Å². The molecule has 3 rings (SSSR count). The van der Waals surface area contributed by atoms with Gasteiger partial charge in [-0.25, -0.2) is 4.98 Å². The molecule has 0 atom stereocenters.